The van der Waals surface area contributed by atoms with E-state index in [1.165, 1.54) is 30.4 Å². The molecule has 112 valence electrons. The summed E-state index contributed by atoms with van der Waals surface area (Å²) in [5, 5.41) is 3.61. The molecule has 0 aliphatic heterocycles. The Morgan fingerprint density at radius 2 is 1.76 bits per heavy atom. The van der Waals surface area contributed by atoms with E-state index in [-0.39, 0.29) is 6.04 Å². The lowest BCUT2D eigenvalue weighted by atomic mass is 10.0. The molecule has 0 bridgehead atoms. The smallest absolute Gasteiger partial charge is 0.0570 e. The van der Waals surface area contributed by atoms with Gasteiger partial charge in [-0.05, 0) is 49.9 Å². The first kappa shape index (κ1) is 15.7. The molecule has 0 radical (unpaired) electrons. The fraction of sp³-hybridized carbons (Fsp3) is 0.421. The summed E-state index contributed by atoms with van der Waals surface area (Å²) < 4.78 is 0. The minimum absolute atomic E-state index is 0.251. The van der Waals surface area contributed by atoms with Crippen molar-refractivity contribution in [2.24, 2.45) is 0 Å². The zero-order valence-corrected chi connectivity index (χ0v) is 13.3. The number of hydrogen-bond acceptors (Lipinski definition) is 2. The van der Waals surface area contributed by atoms with Crippen LogP contribution >= 0.6 is 0 Å². The van der Waals surface area contributed by atoms with E-state index in [1.54, 1.807) is 0 Å². The number of aryl methyl sites for hydroxylation is 1. The van der Waals surface area contributed by atoms with Gasteiger partial charge in [0.05, 0.1) is 5.69 Å². The van der Waals surface area contributed by atoms with E-state index in [0.717, 1.165) is 5.69 Å². The molecule has 1 heterocycles. The fourth-order valence-corrected chi connectivity index (χ4v) is 2.54. The van der Waals surface area contributed by atoms with Crippen LogP contribution in [0.2, 0.25) is 0 Å². The molecule has 0 saturated carbocycles. The standard InChI is InChI=1S/C19H26N2/c1-4-5-8-17-10-12-18(13-11-17)15(2)21-16(3)19-9-6-7-14-20-19/h6-7,9-16,21H,4-5,8H2,1-3H3/t15?,16-/m1/s1. The van der Waals surface area contributed by atoms with Crippen molar-refractivity contribution in [3.63, 3.8) is 0 Å². The molecule has 2 rings (SSSR count). The van der Waals surface area contributed by atoms with Crippen LogP contribution in [0.3, 0.4) is 0 Å². The minimum atomic E-state index is 0.251. The monoisotopic (exact) mass is 282 g/mol. The SMILES string of the molecule is CCCCc1ccc(C(C)N[C@H](C)c2ccccn2)cc1. The van der Waals surface area contributed by atoms with Gasteiger partial charge in [-0.25, -0.2) is 0 Å². The summed E-state index contributed by atoms with van der Waals surface area (Å²) in [6.07, 6.45) is 5.55. The Labute approximate surface area is 128 Å². The van der Waals surface area contributed by atoms with Crippen molar-refractivity contribution in [1.29, 1.82) is 0 Å². The number of hydrogen-bond donors (Lipinski definition) is 1. The molecule has 0 spiro atoms. The summed E-state index contributed by atoms with van der Waals surface area (Å²) >= 11 is 0. The van der Waals surface area contributed by atoms with Crippen molar-refractivity contribution < 1.29 is 0 Å². The van der Waals surface area contributed by atoms with Crippen molar-refractivity contribution in [3.8, 4) is 0 Å². The second-order valence-electron chi connectivity index (χ2n) is 5.71. The molecule has 0 aliphatic carbocycles. The zero-order valence-electron chi connectivity index (χ0n) is 13.3. The molecule has 1 aromatic heterocycles. The number of nitrogens with zero attached hydrogens (tertiary/aromatic N) is 1. The molecule has 2 nitrogen and oxygen atoms in total. The van der Waals surface area contributed by atoms with Gasteiger partial charge in [0, 0.05) is 18.3 Å². The van der Waals surface area contributed by atoms with Crippen LogP contribution in [0.25, 0.3) is 0 Å². The van der Waals surface area contributed by atoms with Crippen LogP contribution < -0.4 is 5.32 Å². The summed E-state index contributed by atoms with van der Waals surface area (Å²) in [5.74, 6) is 0. The first-order chi connectivity index (χ1) is 10.2. The third-order valence-corrected chi connectivity index (χ3v) is 3.93. The molecule has 0 fully saturated rings. The van der Waals surface area contributed by atoms with Gasteiger partial charge in [-0.2, -0.15) is 0 Å². The van der Waals surface area contributed by atoms with Crippen molar-refractivity contribution in [3.05, 3.63) is 65.5 Å². The molecule has 2 heteroatoms. The lowest BCUT2D eigenvalue weighted by Gasteiger charge is -2.20. The van der Waals surface area contributed by atoms with Gasteiger partial charge in [0.1, 0.15) is 0 Å². The number of nitrogens with one attached hydrogen (secondary N) is 1. The Balaban J connectivity index is 1.95. The van der Waals surface area contributed by atoms with Gasteiger partial charge in [-0.3, -0.25) is 4.98 Å². The zero-order chi connectivity index (χ0) is 15.1. The maximum atomic E-state index is 4.41. The Kier molecular flexibility index (Phi) is 5.94. The molecule has 21 heavy (non-hydrogen) atoms. The first-order valence-corrected chi connectivity index (χ1v) is 7.96. The van der Waals surface area contributed by atoms with E-state index in [1.807, 2.05) is 18.3 Å². The van der Waals surface area contributed by atoms with E-state index in [9.17, 15) is 0 Å². The molecule has 0 saturated heterocycles. The van der Waals surface area contributed by atoms with E-state index >= 15 is 0 Å². The number of benzene rings is 1. The number of aromatic nitrogens is 1. The second kappa shape index (κ2) is 7.94. The summed E-state index contributed by atoms with van der Waals surface area (Å²) in [4.78, 5) is 4.41. The predicted octanol–water partition coefficient (Wildman–Crippen LogP) is 4.84. The van der Waals surface area contributed by atoms with Gasteiger partial charge in [0.25, 0.3) is 0 Å². The van der Waals surface area contributed by atoms with E-state index in [2.05, 4.69) is 61.4 Å². The molecular formula is C19H26N2. The number of unbranched alkanes of at least 4 members (excludes halogenated alkanes) is 1. The van der Waals surface area contributed by atoms with Crippen molar-refractivity contribution in [2.45, 2.75) is 52.1 Å². The Hall–Kier alpha value is -1.67. The lowest BCUT2D eigenvalue weighted by Crippen LogP contribution is -2.23. The molecule has 0 aliphatic rings. The van der Waals surface area contributed by atoms with Gasteiger partial charge >= 0.3 is 0 Å². The normalized spacial score (nSPS) is 13.9. The lowest BCUT2D eigenvalue weighted by molar-refractivity contribution is 0.486. The fourth-order valence-electron chi connectivity index (χ4n) is 2.54. The highest BCUT2D eigenvalue weighted by molar-refractivity contribution is 5.25. The van der Waals surface area contributed by atoms with Gasteiger partial charge in [0.2, 0.25) is 0 Å². The average molecular weight is 282 g/mol. The maximum absolute atomic E-state index is 4.41. The van der Waals surface area contributed by atoms with Gasteiger partial charge in [-0.15, -0.1) is 0 Å². The molecule has 2 atom stereocenters. The van der Waals surface area contributed by atoms with Crippen LogP contribution in [0.1, 0.15) is 62.5 Å². The van der Waals surface area contributed by atoms with Crippen LogP contribution in [-0.4, -0.2) is 4.98 Å². The molecule has 0 amide bonds. The van der Waals surface area contributed by atoms with Crippen LogP contribution in [0.5, 0.6) is 0 Å². The number of rotatable bonds is 7. The summed E-state index contributed by atoms with van der Waals surface area (Å²) in [5.41, 5.74) is 3.85. The van der Waals surface area contributed by atoms with E-state index < -0.39 is 0 Å². The molecule has 2 aromatic rings. The first-order valence-electron chi connectivity index (χ1n) is 7.96. The summed E-state index contributed by atoms with van der Waals surface area (Å²) in [7, 11) is 0. The van der Waals surface area contributed by atoms with Crippen LogP contribution in [0.15, 0.2) is 48.7 Å². The highest BCUT2D eigenvalue weighted by atomic mass is 15.0. The predicted molar refractivity (Wildman–Crippen MR) is 89.3 cm³/mol. The third-order valence-electron chi connectivity index (χ3n) is 3.93. The quantitative estimate of drug-likeness (QED) is 0.786. The van der Waals surface area contributed by atoms with E-state index in [0.29, 0.717) is 6.04 Å². The Morgan fingerprint density at radius 3 is 2.38 bits per heavy atom. The Bertz CT molecular complexity index is 519. The largest absolute Gasteiger partial charge is 0.302 e. The van der Waals surface area contributed by atoms with Crippen LogP contribution in [0.4, 0.5) is 0 Å². The Morgan fingerprint density at radius 1 is 1.00 bits per heavy atom. The minimum Gasteiger partial charge on any atom is -0.302 e. The third kappa shape index (κ3) is 4.68. The van der Waals surface area contributed by atoms with Gasteiger partial charge in [-0.1, -0.05) is 43.7 Å². The van der Waals surface area contributed by atoms with Crippen molar-refractivity contribution in [1.82, 2.24) is 10.3 Å². The van der Waals surface area contributed by atoms with Crippen LogP contribution in [0, 0.1) is 0 Å². The molecule has 1 unspecified atom stereocenters. The summed E-state index contributed by atoms with van der Waals surface area (Å²) in [6, 6.07) is 15.6. The van der Waals surface area contributed by atoms with E-state index in [4.69, 9.17) is 0 Å². The van der Waals surface area contributed by atoms with Crippen molar-refractivity contribution in [2.75, 3.05) is 0 Å². The average Bonchev–Trinajstić information content (AvgIpc) is 2.54. The van der Waals surface area contributed by atoms with Gasteiger partial charge in [0.15, 0.2) is 0 Å². The topological polar surface area (TPSA) is 24.9 Å². The summed E-state index contributed by atoms with van der Waals surface area (Å²) in [6.45, 7) is 6.61. The van der Waals surface area contributed by atoms with Crippen LogP contribution in [-0.2, 0) is 6.42 Å². The molecular weight excluding hydrogens is 256 g/mol. The molecule has 1 aromatic carbocycles. The second-order valence-corrected chi connectivity index (χ2v) is 5.71. The highest BCUT2D eigenvalue weighted by Crippen LogP contribution is 2.19. The highest BCUT2D eigenvalue weighted by Gasteiger charge is 2.11. The van der Waals surface area contributed by atoms with Gasteiger partial charge < -0.3 is 5.32 Å². The van der Waals surface area contributed by atoms with Crippen molar-refractivity contribution >= 4 is 0 Å². The molecule has 1 N–H and O–H groups in total. The number of pyridine rings is 1. The maximum Gasteiger partial charge on any atom is 0.0570 e.